The lowest BCUT2D eigenvalue weighted by atomic mass is 10.2. The van der Waals surface area contributed by atoms with Crippen molar-refractivity contribution in [1.29, 1.82) is 0 Å². The van der Waals surface area contributed by atoms with Gasteiger partial charge in [0.15, 0.2) is 5.96 Å². The third-order valence-corrected chi connectivity index (χ3v) is 2.48. The topological polar surface area (TPSA) is 41.6 Å². The molecule has 3 nitrogen and oxygen atoms in total. The molecule has 0 spiro atoms. The summed E-state index contributed by atoms with van der Waals surface area (Å²) < 4.78 is 1.88. The Hall–Kier alpha value is -0.780. The predicted octanol–water partition coefficient (Wildman–Crippen LogP) is 1.78. The quantitative estimate of drug-likeness (QED) is 0.390. The van der Waals surface area contributed by atoms with E-state index in [1.54, 1.807) is 7.05 Å². The van der Waals surface area contributed by atoms with Crippen LogP contribution in [0, 0.1) is 0 Å². The molecule has 0 amide bonds. The summed E-state index contributed by atoms with van der Waals surface area (Å²) in [5.74, 6) is 0.546. The van der Waals surface area contributed by atoms with Gasteiger partial charge in [-0.3, -0.25) is 8.11 Å². The van der Waals surface area contributed by atoms with Crippen LogP contribution in [0.15, 0.2) is 35.3 Å². The first kappa shape index (κ1) is 10.3. The van der Waals surface area contributed by atoms with E-state index in [1.807, 2.05) is 21.3 Å². The zero-order valence-electron chi connectivity index (χ0n) is 7.44. The third-order valence-electron chi connectivity index (χ3n) is 1.64. The summed E-state index contributed by atoms with van der Waals surface area (Å²) >= 11 is 2.15. The maximum Gasteiger partial charge on any atom is 0.200 e. The molecule has 0 radical (unpaired) electrons. The van der Waals surface area contributed by atoms with Gasteiger partial charge in [-0.2, -0.15) is 0 Å². The Balaban J connectivity index is 2.60. The minimum absolute atomic E-state index is 0.546. The molecule has 0 saturated carbocycles. The van der Waals surface area contributed by atoms with Crippen molar-refractivity contribution in [3.05, 3.63) is 35.9 Å². The molecular formula is C9H12IN3. The van der Waals surface area contributed by atoms with Crippen LogP contribution in [0.5, 0.6) is 0 Å². The lowest BCUT2D eigenvalue weighted by molar-refractivity contribution is 0.707. The molecule has 0 atom stereocenters. The molecular weight excluding hydrogens is 277 g/mol. The number of guanidine groups is 1. The molecule has 1 rings (SSSR count). The number of benzene rings is 1. The molecule has 1 aromatic carbocycles. The molecule has 4 heteroatoms. The van der Waals surface area contributed by atoms with E-state index in [2.05, 4.69) is 40.0 Å². The average Bonchev–Trinajstić information content (AvgIpc) is 2.18. The van der Waals surface area contributed by atoms with Crippen molar-refractivity contribution < 1.29 is 0 Å². The predicted molar refractivity (Wildman–Crippen MR) is 63.6 cm³/mol. The summed E-state index contributed by atoms with van der Waals surface area (Å²) in [6, 6.07) is 10.2. The average molecular weight is 289 g/mol. The third kappa shape index (κ3) is 3.22. The van der Waals surface area contributed by atoms with Crippen LogP contribution in [-0.4, -0.2) is 16.1 Å². The van der Waals surface area contributed by atoms with Crippen LogP contribution < -0.4 is 5.73 Å². The summed E-state index contributed by atoms with van der Waals surface area (Å²) in [5.41, 5.74) is 6.86. The maximum absolute atomic E-state index is 5.63. The molecule has 0 fully saturated rings. The fraction of sp³-hybridized carbons (Fsp3) is 0.222. The van der Waals surface area contributed by atoms with Crippen molar-refractivity contribution in [2.45, 2.75) is 6.54 Å². The van der Waals surface area contributed by atoms with Crippen LogP contribution in [0.3, 0.4) is 0 Å². The van der Waals surface area contributed by atoms with Crippen LogP contribution in [-0.2, 0) is 6.54 Å². The van der Waals surface area contributed by atoms with Gasteiger partial charge in [0.05, 0.1) is 29.4 Å². The molecule has 1 aromatic rings. The fourth-order valence-electron chi connectivity index (χ4n) is 0.933. The van der Waals surface area contributed by atoms with E-state index < -0.39 is 0 Å². The van der Waals surface area contributed by atoms with Gasteiger partial charge < -0.3 is 5.73 Å². The molecule has 2 N–H and O–H groups in total. The Morgan fingerprint density at radius 1 is 1.46 bits per heavy atom. The zero-order chi connectivity index (χ0) is 9.68. The molecule has 70 valence electrons. The Bertz CT molecular complexity index is 284. The number of nitrogens with two attached hydrogens (primary N) is 1. The van der Waals surface area contributed by atoms with Gasteiger partial charge in [-0.05, 0) is 5.56 Å². The van der Waals surface area contributed by atoms with Crippen LogP contribution >= 0.6 is 22.9 Å². The van der Waals surface area contributed by atoms with E-state index in [1.165, 1.54) is 5.56 Å². The molecule has 0 aliphatic carbocycles. The van der Waals surface area contributed by atoms with Crippen LogP contribution in [0.1, 0.15) is 5.56 Å². The number of halogens is 1. The van der Waals surface area contributed by atoms with Gasteiger partial charge in [-0.25, -0.2) is 0 Å². The molecule has 0 bridgehead atoms. The number of rotatable bonds is 2. The Labute approximate surface area is 92.1 Å². The summed E-state index contributed by atoms with van der Waals surface area (Å²) in [5, 5.41) is 0. The summed E-state index contributed by atoms with van der Waals surface area (Å²) in [7, 11) is 1.69. The Morgan fingerprint density at radius 3 is 2.62 bits per heavy atom. The lowest BCUT2D eigenvalue weighted by Gasteiger charge is -2.14. The van der Waals surface area contributed by atoms with Gasteiger partial charge in [0, 0.05) is 7.05 Å². The minimum Gasteiger partial charge on any atom is -0.369 e. The smallest absolute Gasteiger partial charge is 0.200 e. The van der Waals surface area contributed by atoms with Crippen LogP contribution in [0.2, 0.25) is 0 Å². The van der Waals surface area contributed by atoms with E-state index in [0.29, 0.717) is 5.96 Å². The van der Waals surface area contributed by atoms with E-state index in [9.17, 15) is 0 Å². The zero-order valence-corrected chi connectivity index (χ0v) is 9.60. The van der Waals surface area contributed by atoms with Gasteiger partial charge in [0.1, 0.15) is 0 Å². The van der Waals surface area contributed by atoms with Crippen molar-refractivity contribution >= 4 is 28.8 Å². The summed E-state index contributed by atoms with van der Waals surface area (Å²) in [4.78, 5) is 3.90. The first-order valence-electron chi connectivity index (χ1n) is 3.93. The number of hydrogen-bond acceptors (Lipinski definition) is 1. The number of hydrogen-bond donors (Lipinski definition) is 1. The minimum atomic E-state index is 0.546. The SMILES string of the molecule is CN=C(N)N(I)Cc1ccccc1. The highest BCUT2D eigenvalue weighted by Gasteiger charge is 2.02. The molecule has 13 heavy (non-hydrogen) atoms. The van der Waals surface area contributed by atoms with Crippen molar-refractivity contribution in [2.24, 2.45) is 10.7 Å². The Morgan fingerprint density at radius 2 is 2.08 bits per heavy atom. The van der Waals surface area contributed by atoms with Gasteiger partial charge in [-0.15, -0.1) is 0 Å². The molecule has 0 aromatic heterocycles. The first-order valence-corrected chi connectivity index (χ1v) is 4.90. The van der Waals surface area contributed by atoms with Crippen molar-refractivity contribution in [3.8, 4) is 0 Å². The normalized spacial score (nSPS) is 11.4. The second-order valence-electron chi connectivity index (χ2n) is 2.59. The van der Waals surface area contributed by atoms with Crippen molar-refractivity contribution in [3.63, 3.8) is 0 Å². The van der Waals surface area contributed by atoms with Gasteiger partial charge >= 0.3 is 0 Å². The standard InChI is InChI=1S/C9H12IN3/c1-12-9(11)13(10)7-8-5-3-2-4-6-8/h2-6H,7H2,1H3,(H2,11,12). The second kappa shape index (κ2) is 5.06. The van der Waals surface area contributed by atoms with Gasteiger partial charge in [0.25, 0.3) is 0 Å². The van der Waals surface area contributed by atoms with E-state index in [-0.39, 0.29) is 0 Å². The monoisotopic (exact) mass is 289 g/mol. The van der Waals surface area contributed by atoms with Gasteiger partial charge in [0.2, 0.25) is 0 Å². The highest BCUT2D eigenvalue weighted by atomic mass is 127. The van der Waals surface area contributed by atoms with Crippen LogP contribution in [0.25, 0.3) is 0 Å². The fourth-order valence-corrected chi connectivity index (χ4v) is 1.54. The number of aliphatic imine (C=N–C) groups is 1. The maximum atomic E-state index is 5.63. The van der Waals surface area contributed by atoms with E-state index in [4.69, 9.17) is 5.73 Å². The number of nitrogens with zero attached hydrogens (tertiary/aromatic N) is 2. The first-order chi connectivity index (χ1) is 6.24. The van der Waals surface area contributed by atoms with Crippen molar-refractivity contribution in [2.75, 3.05) is 7.05 Å². The molecule has 0 aliphatic rings. The van der Waals surface area contributed by atoms with Crippen molar-refractivity contribution in [1.82, 2.24) is 3.11 Å². The second-order valence-corrected chi connectivity index (χ2v) is 3.75. The van der Waals surface area contributed by atoms with E-state index in [0.717, 1.165) is 6.54 Å². The van der Waals surface area contributed by atoms with Gasteiger partial charge in [-0.1, -0.05) is 30.3 Å². The highest BCUT2D eigenvalue weighted by Crippen LogP contribution is 2.07. The molecule has 0 unspecified atom stereocenters. The molecule has 0 aliphatic heterocycles. The molecule has 0 saturated heterocycles. The summed E-state index contributed by atoms with van der Waals surface area (Å²) in [6.07, 6.45) is 0. The lowest BCUT2D eigenvalue weighted by Crippen LogP contribution is -2.28. The van der Waals surface area contributed by atoms with E-state index >= 15 is 0 Å². The highest BCUT2D eigenvalue weighted by molar-refractivity contribution is 14.1. The summed E-state index contributed by atoms with van der Waals surface area (Å²) in [6.45, 7) is 0.782. The largest absolute Gasteiger partial charge is 0.369 e. The van der Waals surface area contributed by atoms with Crippen LogP contribution in [0.4, 0.5) is 0 Å². The molecule has 0 heterocycles. The Kier molecular flexibility index (Phi) is 4.01.